The van der Waals surface area contributed by atoms with Gasteiger partial charge in [0.25, 0.3) is 0 Å². The Hall–Kier alpha value is -0.870. The molecular formula is C11H19N3O. The molecule has 0 aromatic carbocycles. The van der Waals surface area contributed by atoms with Crippen LogP contribution < -0.4 is 0 Å². The molecule has 1 aliphatic heterocycles. The fraction of sp³-hybridized carbons (Fsp3) is 0.727. The van der Waals surface area contributed by atoms with Crippen molar-refractivity contribution in [2.75, 3.05) is 32.8 Å². The number of morpholine rings is 1. The zero-order valence-corrected chi connectivity index (χ0v) is 9.35. The monoisotopic (exact) mass is 209 g/mol. The second kappa shape index (κ2) is 5.28. The molecule has 84 valence electrons. The lowest BCUT2D eigenvalue weighted by atomic mass is 10.3. The Morgan fingerprint density at radius 2 is 2.13 bits per heavy atom. The third-order valence-corrected chi connectivity index (χ3v) is 2.90. The molecule has 4 heteroatoms. The largest absolute Gasteiger partial charge is 0.379 e. The smallest absolute Gasteiger partial charge is 0.0594 e. The molecule has 0 saturated carbocycles. The minimum Gasteiger partial charge on any atom is -0.379 e. The summed E-state index contributed by atoms with van der Waals surface area (Å²) in [5, 5.41) is 4.33. The average molecular weight is 209 g/mol. The summed E-state index contributed by atoms with van der Waals surface area (Å²) in [6.45, 7) is 8.11. The fourth-order valence-corrected chi connectivity index (χ4v) is 1.92. The maximum Gasteiger partial charge on any atom is 0.0594 e. The van der Waals surface area contributed by atoms with Gasteiger partial charge in [0.05, 0.1) is 19.8 Å². The summed E-state index contributed by atoms with van der Waals surface area (Å²) < 4.78 is 7.42. The number of rotatable bonds is 4. The number of ether oxygens (including phenoxy) is 1. The molecule has 1 fully saturated rings. The molecule has 1 aliphatic rings. The van der Waals surface area contributed by atoms with Crippen LogP contribution in [0.3, 0.4) is 0 Å². The predicted molar refractivity (Wildman–Crippen MR) is 58.9 cm³/mol. The zero-order chi connectivity index (χ0) is 10.5. The molecule has 2 heterocycles. The van der Waals surface area contributed by atoms with Crippen LogP contribution in [-0.4, -0.2) is 47.5 Å². The summed E-state index contributed by atoms with van der Waals surface area (Å²) >= 11 is 0. The van der Waals surface area contributed by atoms with Crippen LogP contribution in [0, 0.1) is 0 Å². The highest BCUT2D eigenvalue weighted by molar-refractivity contribution is 4.99. The molecule has 4 nitrogen and oxygen atoms in total. The highest BCUT2D eigenvalue weighted by Gasteiger charge is 2.10. The molecule has 0 amide bonds. The van der Waals surface area contributed by atoms with Crippen LogP contribution >= 0.6 is 0 Å². The Bertz CT molecular complexity index is 292. The van der Waals surface area contributed by atoms with E-state index in [2.05, 4.69) is 27.7 Å². The van der Waals surface area contributed by atoms with Gasteiger partial charge < -0.3 is 4.74 Å². The van der Waals surface area contributed by atoms with E-state index >= 15 is 0 Å². The number of hydrogen-bond acceptors (Lipinski definition) is 3. The molecule has 1 saturated heterocycles. The van der Waals surface area contributed by atoms with E-state index in [1.165, 1.54) is 5.69 Å². The molecule has 0 bridgehead atoms. The first-order chi connectivity index (χ1) is 7.40. The zero-order valence-electron chi connectivity index (χ0n) is 9.35. The summed E-state index contributed by atoms with van der Waals surface area (Å²) in [5.74, 6) is 0. The molecule has 0 unspecified atom stereocenters. The minimum atomic E-state index is 0.875. The van der Waals surface area contributed by atoms with Crippen LogP contribution in [-0.2, 0) is 17.7 Å². The topological polar surface area (TPSA) is 30.3 Å². The predicted octanol–water partition coefficient (Wildman–Crippen LogP) is 0.778. The van der Waals surface area contributed by atoms with E-state index in [0.717, 1.165) is 45.8 Å². The lowest BCUT2D eigenvalue weighted by Gasteiger charge is -2.26. The third kappa shape index (κ3) is 2.79. The lowest BCUT2D eigenvalue weighted by molar-refractivity contribution is 0.0359. The first-order valence-electron chi connectivity index (χ1n) is 5.71. The van der Waals surface area contributed by atoms with Crippen LogP contribution in [0.1, 0.15) is 12.6 Å². The maximum absolute atomic E-state index is 5.32. The van der Waals surface area contributed by atoms with Gasteiger partial charge in [-0.3, -0.25) is 9.58 Å². The third-order valence-electron chi connectivity index (χ3n) is 2.90. The first kappa shape index (κ1) is 10.6. The van der Waals surface area contributed by atoms with Crippen molar-refractivity contribution in [3.8, 4) is 0 Å². The standard InChI is InChI=1S/C11H19N3O/c1-2-11-3-4-12-14(11)6-5-13-7-9-15-10-8-13/h3-4H,2,5-10H2,1H3. The molecule has 0 aliphatic carbocycles. The molecule has 1 aromatic heterocycles. The van der Waals surface area contributed by atoms with Gasteiger partial charge in [0.15, 0.2) is 0 Å². The van der Waals surface area contributed by atoms with Gasteiger partial charge in [-0.05, 0) is 12.5 Å². The summed E-state index contributed by atoms with van der Waals surface area (Å²) in [6.07, 6.45) is 2.95. The fourth-order valence-electron chi connectivity index (χ4n) is 1.92. The van der Waals surface area contributed by atoms with Crippen molar-refractivity contribution < 1.29 is 4.74 Å². The van der Waals surface area contributed by atoms with E-state index in [1.54, 1.807) is 0 Å². The highest BCUT2D eigenvalue weighted by Crippen LogP contribution is 2.02. The Morgan fingerprint density at radius 1 is 1.33 bits per heavy atom. The van der Waals surface area contributed by atoms with Crippen LogP contribution in [0.15, 0.2) is 12.3 Å². The van der Waals surface area contributed by atoms with Gasteiger partial charge in [0.2, 0.25) is 0 Å². The molecule has 15 heavy (non-hydrogen) atoms. The molecule has 0 spiro atoms. The van der Waals surface area contributed by atoms with E-state index in [-0.39, 0.29) is 0 Å². The summed E-state index contributed by atoms with van der Waals surface area (Å²) in [7, 11) is 0. The lowest BCUT2D eigenvalue weighted by Crippen LogP contribution is -2.38. The summed E-state index contributed by atoms with van der Waals surface area (Å²) in [5.41, 5.74) is 1.32. The van der Waals surface area contributed by atoms with E-state index in [9.17, 15) is 0 Å². The second-order valence-electron chi connectivity index (χ2n) is 3.85. The van der Waals surface area contributed by atoms with Crippen LogP contribution in [0.4, 0.5) is 0 Å². The number of aromatic nitrogens is 2. The maximum atomic E-state index is 5.32. The van der Waals surface area contributed by atoms with Crippen LogP contribution in [0.2, 0.25) is 0 Å². The van der Waals surface area contributed by atoms with Crippen molar-refractivity contribution in [1.29, 1.82) is 0 Å². The molecule has 0 radical (unpaired) electrons. The van der Waals surface area contributed by atoms with Crippen molar-refractivity contribution in [3.63, 3.8) is 0 Å². The number of hydrogen-bond donors (Lipinski definition) is 0. The van der Waals surface area contributed by atoms with E-state index in [1.807, 2.05) is 6.20 Å². The van der Waals surface area contributed by atoms with E-state index in [4.69, 9.17) is 4.74 Å². The Kier molecular flexibility index (Phi) is 3.75. The molecule has 0 N–H and O–H groups in total. The van der Waals surface area contributed by atoms with Gasteiger partial charge in [-0.2, -0.15) is 5.10 Å². The Balaban J connectivity index is 1.81. The van der Waals surface area contributed by atoms with Crippen LogP contribution in [0.25, 0.3) is 0 Å². The number of nitrogens with zero attached hydrogens (tertiary/aromatic N) is 3. The highest BCUT2D eigenvalue weighted by atomic mass is 16.5. The second-order valence-corrected chi connectivity index (χ2v) is 3.85. The molecular weight excluding hydrogens is 190 g/mol. The normalized spacial score (nSPS) is 18.2. The van der Waals surface area contributed by atoms with E-state index < -0.39 is 0 Å². The minimum absolute atomic E-state index is 0.875. The summed E-state index contributed by atoms with van der Waals surface area (Å²) in [6, 6.07) is 2.10. The van der Waals surface area contributed by atoms with Gasteiger partial charge in [-0.25, -0.2) is 0 Å². The number of aryl methyl sites for hydroxylation is 1. The Labute approximate surface area is 90.8 Å². The summed E-state index contributed by atoms with van der Waals surface area (Å²) in [4.78, 5) is 2.44. The van der Waals surface area contributed by atoms with Gasteiger partial charge in [-0.1, -0.05) is 6.92 Å². The quantitative estimate of drug-likeness (QED) is 0.734. The van der Waals surface area contributed by atoms with Gasteiger partial charge >= 0.3 is 0 Å². The Morgan fingerprint density at radius 3 is 2.87 bits per heavy atom. The van der Waals surface area contributed by atoms with E-state index in [0.29, 0.717) is 0 Å². The van der Waals surface area contributed by atoms with Crippen molar-refractivity contribution >= 4 is 0 Å². The first-order valence-corrected chi connectivity index (χ1v) is 5.71. The van der Waals surface area contributed by atoms with Gasteiger partial charge in [0.1, 0.15) is 0 Å². The average Bonchev–Trinajstić information content (AvgIpc) is 2.75. The molecule has 0 atom stereocenters. The SMILES string of the molecule is CCc1ccnn1CCN1CCOCC1. The van der Waals surface area contributed by atoms with Gasteiger partial charge in [0, 0.05) is 31.5 Å². The van der Waals surface area contributed by atoms with Crippen molar-refractivity contribution in [2.24, 2.45) is 0 Å². The van der Waals surface area contributed by atoms with Crippen molar-refractivity contribution in [3.05, 3.63) is 18.0 Å². The molecule has 2 rings (SSSR count). The van der Waals surface area contributed by atoms with Gasteiger partial charge in [-0.15, -0.1) is 0 Å². The van der Waals surface area contributed by atoms with Crippen molar-refractivity contribution in [2.45, 2.75) is 19.9 Å². The van der Waals surface area contributed by atoms with Crippen molar-refractivity contribution in [1.82, 2.24) is 14.7 Å². The van der Waals surface area contributed by atoms with Crippen LogP contribution in [0.5, 0.6) is 0 Å². The molecule has 1 aromatic rings.